The van der Waals surface area contributed by atoms with Crippen molar-refractivity contribution in [2.45, 2.75) is 45.2 Å². The third-order valence-corrected chi connectivity index (χ3v) is 5.62. The first-order chi connectivity index (χ1) is 15.6. The Balaban J connectivity index is 1.33. The van der Waals surface area contributed by atoms with Gasteiger partial charge in [-0.3, -0.25) is 5.32 Å². The van der Waals surface area contributed by atoms with Crippen molar-refractivity contribution >= 4 is 28.8 Å². The zero-order valence-electron chi connectivity index (χ0n) is 18.6. The van der Waals surface area contributed by atoms with E-state index in [1.54, 1.807) is 12.3 Å². The maximum absolute atomic E-state index is 12.4. The summed E-state index contributed by atoms with van der Waals surface area (Å²) in [5.41, 5.74) is 2.52. The molecule has 168 valence electrons. The molecule has 2 atom stereocenters. The SMILES string of the molecule is CC(CCCc1ccccc1)NC(=O)Nc1ccc2ncc(N3CCOCC3C)nc2n1. The van der Waals surface area contributed by atoms with Crippen LogP contribution in [0.25, 0.3) is 11.2 Å². The van der Waals surface area contributed by atoms with Crippen LogP contribution in [-0.4, -0.2) is 52.8 Å². The molecule has 8 heteroatoms. The number of ether oxygens (including phenoxy) is 1. The Morgan fingerprint density at radius 1 is 1.22 bits per heavy atom. The third-order valence-electron chi connectivity index (χ3n) is 5.62. The molecule has 1 fully saturated rings. The molecule has 0 spiro atoms. The van der Waals surface area contributed by atoms with E-state index in [-0.39, 0.29) is 18.1 Å². The maximum Gasteiger partial charge on any atom is 0.320 e. The summed E-state index contributed by atoms with van der Waals surface area (Å²) >= 11 is 0. The smallest absolute Gasteiger partial charge is 0.320 e. The lowest BCUT2D eigenvalue weighted by atomic mass is 10.1. The number of hydrogen-bond acceptors (Lipinski definition) is 6. The first kappa shape index (κ1) is 22.0. The van der Waals surface area contributed by atoms with Crippen molar-refractivity contribution in [1.82, 2.24) is 20.3 Å². The Morgan fingerprint density at radius 2 is 2.06 bits per heavy atom. The normalized spacial score (nSPS) is 17.2. The van der Waals surface area contributed by atoms with Crippen LogP contribution in [0.1, 0.15) is 32.3 Å². The van der Waals surface area contributed by atoms with E-state index in [0.29, 0.717) is 30.2 Å². The predicted molar refractivity (Wildman–Crippen MR) is 126 cm³/mol. The summed E-state index contributed by atoms with van der Waals surface area (Å²) in [7, 11) is 0. The molecule has 0 aliphatic carbocycles. The van der Waals surface area contributed by atoms with Crippen molar-refractivity contribution in [2.24, 2.45) is 0 Å². The Bertz CT molecular complexity index is 1050. The molecule has 2 N–H and O–H groups in total. The number of aromatic nitrogens is 3. The van der Waals surface area contributed by atoms with Gasteiger partial charge in [0.05, 0.1) is 25.5 Å². The Hall–Kier alpha value is -3.26. The van der Waals surface area contributed by atoms with Crippen LogP contribution in [0, 0.1) is 0 Å². The van der Waals surface area contributed by atoms with E-state index < -0.39 is 0 Å². The molecule has 1 aliphatic rings. The van der Waals surface area contributed by atoms with Crippen LogP contribution in [0.15, 0.2) is 48.7 Å². The number of carbonyl (C=O) groups excluding carboxylic acids is 1. The quantitative estimate of drug-likeness (QED) is 0.588. The van der Waals surface area contributed by atoms with E-state index in [0.717, 1.165) is 31.6 Å². The van der Waals surface area contributed by atoms with Crippen molar-refractivity contribution in [3.63, 3.8) is 0 Å². The number of carbonyl (C=O) groups is 1. The van der Waals surface area contributed by atoms with Crippen LogP contribution in [0.3, 0.4) is 0 Å². The minimum atomic E-state index is -0.269. The van der Waals surface area contributed by atoms with Crippen LogP contribution >= 0.6 is 0 Å². The minimum Gasteiger partial charge on any atom is -0.377 e. The fourth-order valence-corrected chi connectivity index (χ4v) is 3.87. The molecule has 32 heavy (non-hydrogen) atoms. The number of amides is 2. The van der Waals surface area contributed by atoms with Crippen molar-refractivity contribution in [3.05, 3.63) is 54.2 Å². The number of fused-ring (bicyclic) bond motifs is 1. The number of rotatable bonds is 7. The number of aryl methyl sites for hydroxylation is 1. The molecule has 0 saturated carbocycles. The van der Waals surface area contributed by atoms with Gasteiger partial charge in [0.15, 0.2) is 5.65 Å². The van der Waals surface area contributed by atoms with Crippen molar-refractivity contribution < 1.29 is 9.53 Å². The van der Waals surface area contributed by atoms with Gasteiger partial charge in [-0.25, -0.2) is 19.7 Å². The molecule has 8 nitrogen and oxygen atoms in total. The molecule has 4 rings (SSSR count). The molecule has 1 aromatic carbocycles. The molecular weight excluding hydrogens is 404 g/mol. The van der Waals surface area contributed by atoms with Gasteiger partial charge in [0.25, 0.3) is 0 Å². The standard InChI is InChI=1S/C24H30N6O2/c1-17(7-6-10-19-8-4-3-5-9-19)26-24(31)28-21-12-11-20-23(27-21)29-22(15-25-20)30-13-14-32-16-18(30)2/h3-5,8-9,11-12,15,17-18H,6-7,10,13-14,16H2,1-2H3,(H2,26,27,28,29,31). The van der Waals surface area contributed by atoms with Crippen LogP contribution in [0.2, 0.25) is 0 Å². The van der Waals surface area contributed by atoms with Crippen LogP contribution < -0.4 is 15.5 Å². The molecular formula is C24H30N6O2. The molecule has 1 saturated heterocycles. The number of urea groups is 1. The highest BCUT2D eigenvalue weighted by Gasteiger charge is 2.21. The van der Waals surface area contributed by atoms with E-state index in [1.165, 1.54) is 5.56 Å². The highest BCUT2D eigenvalue weighted by atomic mass is 16.5. The molecule has 3 heterocycles. The third kappa shape index (κ3) is 5.70. The fraction of sp³-hybridized carbons (Fsp3) is 0.417. The van der Waals surface area contributed by atoms with Crippen molar-refractivity contribution in [2.75, 3.05) is 30.0 Å². The first-order valence-electron chi connectivity index (χ1n) is 11.2. The molecule has 2 unspecified atom stereocenters. The van der Waals surface area contributed by atoms with Gasteiger partial charge >= 0.3 is 6.03 Å². The highest BCUT2D eigenvalue weighted by molar-refractivity contribution is 5.89. The van der Waals surface area contributed by atoms with Gasteiger partial charge in [-0.2, -0.15) is 0 Å². The highest BCUT2D eigenvalue weighted by Crippen LogP contribution is 2.20. The van der Waals surface area contributed by atoms with Gasteiger partial charge in [0, 0.05) is 12.6 Å². The van der Waals surface area contributed by atoms with E-state index in [1.807, 2.05) is 19.1 Å². The second-order valence-electron chi connectivity index (χ2n) is 8.26. The van der Waals surface area contributed by atoms with Gasteiger partial charge < -0.3 is 15.0 Å². The number of anilines is 2. The Morgan fingerprint density at radius 3 is 2.88 bits per heavy atom. The minimum absolute atomic E-state index is 0.0633. The summed E-state index contributed by atoms with van der Waals surface area (Å²) in [6.45, 7) is 6.21. The number of hydrogen-bond donors (Lipinski definition) is 2. The lowest BCUT2D eigenvalue weighted by Crippen LogP contribution is -2.44. The summed E-state index contributed by atoms with van der Waals surface area (Å²) in [5.74, 6) is 1.22. The molecule has 2 aromatic heterocycles. The van der Waals surface area contributed by atoms with Crippen LogP contribution in [0.5, 0.6) is 0 Å². The Kier molecular flexibility index (Phi) is 7.11. The predicted octanol–water partition coefficient (Wildman–Crippen LogP) is 3.78. The molecule has 1 aliphatic heterocycles. The Labute approximate surface area is 188 Å². The first-order valence-corrected chi connectivity index (χ1v) is 11.2. The molecule has 2 amide bonds. The summed E-state index contributed by atoms with van der Waals surface area (Å²) in [5, 5.41) is 5.80. The summed E-state index contributed by atoms with van der Waals surface area (Å²) in [4.78, 5) is 28.3. The average molecular weight is 435 g/mol. The second-order valence-corrected chi connectivity index (χ2v) is 8.26. The molecule has 0 bridgehead atoms. The largest absolute Gasteiger partial charge is 0.377 e. The summed E-state index contributed by atoms with van der Waals surface area (Å²) in [6, 6.07) is 14.0. The lowest BCUT2D eigenvalue weighted by molar-refractivity contribution is 0.0985. The van der Waals surface area contributed by atoms with Gasteiger partial charge in [-0.15, -0.1) is 0 Å². The second kappa shape index (κ2) is 10.4. The van der Waals surface area contributed by atoms with E-state index in [9.17, 15) is 4.79 Å². The number of nitrogens with one attached hydrogen (secondary N) is 2. The zero-order chi connectivity index (χ0) is 22.3. The number of benzene rings is 1. The fourth-order valence-electron chi connectivity index (χ4n) is 3.87. The van der Waals surface area contributed by atoms with E-state index in [4.69, 9.17) is 4.74 Å². The summed E-state index contributed by atoms with van der Waals surface area (Å²) < 4.78 is 5.50. The number of morpholine rings is 1. The number of nitrogens with zero attached hydrogens (tertiary/aromatic N) is 4. The maximum atomic E-state index is 12.4. The zero-order valence-corrected chi connectivity index (χ0v) is 18.6. The summed E-state index contributed by atoms with van der Waals surface area (Å²) in [6.07, 6.45) is 4.68. The van der Waals surface area contributed by atoms with Gasteiger partial charge in [-0.05, 0) is 50.8 Å². The topological polar surface area (TPSA) is 92.3 Å². The van der Waals surface area contributed by atoms with Crippen molar-refractivity contribution in [3.8, 4) is 0 Å². The monoisotopic (exact) mass is 434 g/mol. The van der Waals surface area contributed by atoms with E-state index in [2.05, 4.69) is 61.7 Å². The van der Waals surface area contributed by atoms with Gasteiger partial charge in [0.2, 0.25) is 0 Å². The van der Waals surface area contributed by atoms with Crippen molar-refractivity contribution in [1.29, 1.82) is 0 Å². The number of pyridine rings is 1. The van der Waals surface area contributed by atoms with Gasteiger partial charge in [-0.1, -0.05) is 30.3 Å². The van der Waals surface area contributed by atoms with E-state index >= 15 is 0 Å². The average Bonchev–Trinajstić information content (AvgIpc) is 2.79. The van der Waals surface area contributed by atoms with Crippen LogP contribution in [0.4, 0.5) is 16.4 Å². The molecule has 3 aromatic rings. The lowest BCUT2D eigenvalue weighted by Gasteiger charge is -2.33. The van der Waals surface area contributed by atoms with Crippen LogP contribution in [-0.2, 0) is 11.2 Å². The molecule has 0 radical (unpaired) electrons. The van der Waals surface area contributed by atoms with Gasteiger partial charge in [0.1, 0.15) is 17.2 Å².